The van der Waals surface area contributed by atoms with Crippen molar-refractivity contribution in [1.82, 2.24) is 0 Å². The first-order chi connectivity index (χ1) is 4.62. The zero-order valence-corrected chi connectivity index (χ0v) is 7.31. The van der Waals surface area contributed by atoms with Gasteiger partial charge in [0.05, 0.1) is 6.61 Å². The van der Waals surface area contributed by atoms with Gasteiger partial charge in [-0.15, -0.1) is 0 Å². The van der Waals surface area contributed by atoms with Gasteiger partial charge in [-0.05, 0) is 20.3 Å². The zero-order chi connectivity index (χ0) is 8.04. The second kappa shape index (κ2) is 4.69. The summed E-state index contributed by atoms with van der Waals surface area (Å²) in [6, 6.07) is 0. The van der Waals surface area contributed by atoms with Gasteiger partial charge in [0.15, 0.2) is 0 Å². The highest BCUT2D eigenvalue weighted by atomic mass is 16.5. The second-order valence-corrected chi connectivity index (χ2v) is 3.04. The molecule has 0 bridgehead atoms. The molecule has 62 valence electrons. The fourth-order valence-electron chi connectivity index (χ4n) is 0.979. The average molecular weight is 145 g/mol. The molecule has 2 heteroatoms. The van der Waals surface area contributed by atoms with E-state index in [9.17, 15) is 0 Å². The zero-order valence-electron chi connectivity index (χ0n) is 7.31. The molecule has 0 radical (unpaired) electrons. The molecule has 0 aliphatic carbocycles. The molecule has 10 heavy (non-hydrogen) atoms. The highest BCUT2D eigenvalue weighted by Gasteiger charge is 2.16. The maximum Gasteiger partial charge on any atom is 0.0643 e. The molecule has 1 unspecified atom stereocenters. The van der Waals surface area contributed by atoms with Gasteiger partial charge in [0.1, 0.15) is 0 Å². The number of nitrogens with two attached hydrogens (primary N) is 1. The summed E-state index contributed by atoms with van der Waals surface area (Å²) in [4.78, 5) is 0. The summed E-state index contributed by atoms with van der Waals surface area (Å²) in [5.41, 5.74) is 5.77. The first kappa shape index (κ1) is 9.92. The van der Waals surface area contributed by atoms with Crippen molar-refractivity contribution in [1.29, 1.82) is 0 Å². The molecule has 0 fully saturated rings. The Balaban J connectivity index is 3.42. The SMILES string of the molecule is CCCC(C)(N)COCC. The number of hydrogen-bond acceptors (Lipinski definition) is 2. The quantitative estimate of drug-likeness (QED) is 0.637. The summed E-state index contributed by atoms with van der Waals surface area (Å²) in [7, 11) is 0. The fraction of sp³-hybridized carbons (Fsp3) is 1.00. The van der Waals surface area contributed by atoms with Crippen molar-refractivity contribution in [2.45, 2.75) is 39.2 Å². The highest BCUT2D eigenvalue weighted by Crippen LogP contribution is 2.08. The van der Waals surface area contributed by atoms with E-state index in [0.29, 0.717) is 6.61 Å². The molecule has 0 saturated heterocycles. The molecule has 0 spiro atoms. The van der Waals surface area contributed by atoms with Crippen molar-refractivity contribution < 1.29 is 4.74 Å². The number of hydrogen-bond donors (Lipinski definition) is 1. The van der Waals surface area contributed by atoms with E-state index < -0.39 is 0 Å². The Morgan fingerprint density at radius 2 is 2.00 bits per heavy atom. The van der Waals surface area contributed by atoms with Gasteiger partial charge in [-0.2, -0.15) is 0 Å². The molecule has 0 amide bonds. The third kappa shape index (κ3) is 4.77. The minimum atomic E-state index is -0.120. The molecule has 0 heterocycles. The van der Waals surface area contributed by atoms with E-state index in [1.54, 1.807) is 0 Å². The molecular weight excluding hydrogens is 126 g/mol. The standard InChI is InChI=1S/C8H19NO/c1-4-6-8(3,9)7-10-5-2/h4-7,9H2,1-3H3. The maximum absolute atomic E-state index is 5.89. The lowest BCUT2D eigenvalue weighted by atomic mass is 9.99. The van der Waals surface area contributed by atoms with Crippen LogP contribution in [0.4, 0.5) is 0 Å². The van der Waals surface area contributed by atoms with Gasteiger partial charge < -0.3 is 10.5 Å². The Kier molecular flexibility index (Phi) is 4.65. The summed E-state index contributed by atoms with van der Waals surface area (Å²) in [5.74, 6) is 0. The average Bonchev–Trinajstić information content (AvgIpc) is 1.84. The van der Waals surface area contributed by atoms with Gasteiger partial charge >= 0.3 is 0 Å². The molecule has 2 nitrogen and oxygen atoms in total. The van der Waals surface area contributed by atoms with Crippen LogP contribution >= 0.6 is 0 Å². The van der Waals surface area contributed by atoms with Gasteiger partial charge in [0.2, 0.25) is 0 Å². The predicted molar refractivity (Wildman–Crippen MR) is 44.0 cm³/mol. The topological polar surface area (TPSA) is 35.2 Å². The van der Waals surface area contributed by atoms with Crippen LogP contribution in [0.15, 0.2) is 0 Å². The van der Waals surface area contributed by atoms with Crippen LogP contribution in [0.2, 0.25) is 0 Å². The predicted octanol–water partition coefficient (Wildman–Crippen LogP) is 1.54. The Labute approximate surface area is 63.7 Å². The Bertz CT molecular complexity index is 81.3. The first-order valence-corrected chi connectivity index (χ1v) is 3.99. The minimum absolute atomic E-state index is 0.120. The lowest BCUT2D eigenvalue weighted by Crippen LogP contribution is -2.40. The van der Waals surface area contributed by atoms with Crippen LogP contribution in [0.25, 0.3) is 0 Å². The van der Waals surface area contributed by atoms with Gasteiger partial charge in [-0.1, -0.05) is 13.3 Å². The van der Waals surface area contributed by atoms with Gasteiger partial charge in [-0.25, -0.2) is 0 Å². The summed E-state index contributed by atoms with van der Waals surface area (Å²) in [5, 5.41) is 0. The normalized spacial score (nSPS) is 16.8. The Morgan fingerprint density at radius 3 is 2.40 bits per heavy atom. The van der Waals surface area contributed by atoms with E-state index in [1.165, 1.54) is 0 Å². The van der Waals surface area contributed by atoms with E-state index in [2.05, 4.69) is 6.92 Å². The monoisotopic (exact) mass is 145 g/mol. The second-order valence-electron chi connectivity index (χ2n) is 3.04. The lowest BCUT2D eigenvalue weighted by Gasteiger charge is -2.23. The first-order valence-electron chi connectivity index (χ1n) is 3.99. The summed E-state index contributed by atoms with van der Waals surface area (Å²) >= 11 is 0. The Morgan fingerprint density at radius 1 is 1.40 bits per heavy atom. The summed E-state index contributed by atoms with van der Waals surface area (Å²) < 4.78 is 5.23. The third-order valence-electron chi connectivity index (χ3n) is 1.46. The summed E-state index contributed by atoms with van der Waals surface area (Å²) in [6.07, 6.45) is 2.16. The molecule has 0 aliphatic heterocycles. The maximum atomic E-state index is 5.89. The lowest BCUT2D eigenvalue weighted by molar-refractivity contribution is 0.0973. The van der Waals surface area contributed by atoms with E-state index in [-0.39, 0.29) is 5.54 Å². The van der Waals surface area contributed by atoms with E-state index >= 15 is 0 Å². The van der Waals surface area contributed by atoms with Gasteiger partial charge in [-0.3, -0.25) is 0 Å². The van der Waals surface area contributed by atoms with Gasteiger partial charge in [0.25, 0.3) is 0 Å². The fourth-order valence-corrected chi connectivity index (χ4v) is 0.979. The number of ether oxygens (including phenoxy) is 1. The highest BCUT2D eigenvalue weighted by molar-refractivity contribution is 4.76. The van der Waals surface area contributed by atoms with Crippen molar-refractivity contribution in [2.75, 3.05) is 13.2 Å². The summed E-state index contributed by atoms with van der Waals surface area (Å²) in [6.45, 7) is 7.60. The molecule has 2 N–H and O–H groups in total. The van der Waals surface area contributed by atoms with Crippen LogP contribution < -0.4 is 5.73 Å². The van der Waals surface area contributed by atoms with Crippen LogP contribution in [-0.4, -0.2) is 18.8 Å². The van der Waals surface area contributed by atoms with Crippen LogP contribution in [-0.2, 0) is 4.74 Å². The van der Waals surface area contributed by atoms with Crippen molar-refractivity contribution in [2.24, 2.45) is 5.73 Å². The largest absolute Gasteiger partial charge is 0.380 e. The molecule has 0 saturated carbocycles. The molecule has 0 aromatic carbocycles. The molecule has 0 aromatic rings. The van der Waals surface area contributed by atoms with Crippen molar-refractivity contribution in [3.63, 3.8) is 0 Å². The molecule has 0 aliphatic rings. The van der Waals surface area contributed by atoms with Crippen molar-refractivity contribution in [3.8, 4) is 0 Å². The molecular formula is C8H19NO. The van der Waals surface area contributed by atoms with E-state index in [0.717, 1.165) is 19.4 Å². The van der Waals surface area contributed by atoms with Crippen molar-refractivity contribution in [3.05, 3.63) is 0 Å². The van der Waals surface area contributed by atoms with Crippen LogP contribution in [0.3, 0.4) is 0 Å². The molecule has 1 atom stereocenters. The van der Waals surface area contributed by atoms with Crippen LogP contribution in [0.5, 0.6) is 0 Å². The Hall–Kier alpha value is -0.0800. The van der Waals surface area contributed by atoms with Crippen molar-refractivity contribution >= 4 is 0 Å². The van der Waals surface area contributed by atoms with Gasteiger partial charge in [0, 0.05) is 12.1 Å². The van der Waals surface area contributed by atoms with E-state index in [4.69, 9.17) is 10.5 Å². The smallest absolute Gasteiger partial charge is 0.0643 e. The van der Waals surface area contributed by atoms with Crippen LogP contribution in [0.1, 0.15) is 33.6 Å². The number of rotatable bonds is 5. The van der Waals surface area contributed by atoms with Crippen LogP contribution in [0, 0.1) is 0 Å². The van der Waals surface area contributed by atoms with E-state index in [1.807, 2.05) is 13.8 Å². The third-order valence-corrected chi connectivity index (χ3v) is 1.46. The minimum Gasteiger partial charge on any atom is -0.380 e. The molecule has 0 aromatic heterocycles. The molecule has 0 rings (SSSR count).